The van der Waals surface area contributed by atoms with Crippen LogP contribution in [0.15, 0.2) is 83.5 Å². The molecule has 4 aromatic rings. The van der Waals surface area contributed by atoms with Crippen LogP contribution < -0.4 is 5.32 Å². The quantitative estimate of drug-likeness (QED) is 0.507. The first-order valence-electron chi connectivity index (χ1n) is 9.80. The van der Waals surface area contributed by atoms with Gasteiger partial charge in [0, 0.05) is 19.2 Å². The molecule has 0 unspecified atom stereocenters. The molecule has 4 rings (SSSR count). The van der Waals surface area contributed by atoms with E-state index in [-0.39, 0.29) is 5.91 Å². The van der Waals surface area contributed by atoms with E-state index >= 15 is 0 Å². The number of hydrogen-bond donors (Lipinski definition) is 1. The van der Waals surface area contributed by atoms with Gasteiger partial charge in [0.15, 0.2) is 5.76 Å². The number of nitrogens with one attached hydrogen (secondary N) is 1. The standard InChI is InChI=1S/C24H24N4O2/c1-27(2)17-19-12-10-18(11-13-19)16-25-24(29)22-15-21(23-9-6-14-30-23)26-28(22)20-7-4-3-5-8-20/h3-15H,16-17H2,1-2H3,(H,25,29). The Balaban J connectivity index is 1.54. The summed E-state index contributed by atoms with van der Waals surface area (Å²) in [4.78, 5) is 15.1. The van der Waals surface area contributed by atoms with Gasteiger partial charge in [-0.1, -0.05) is 42.5 Å². The molecule has 6 heteroatoms. The van der Waals surface area contributed by atoms with Crippen LogP contribution in [0, 0.1) is 0 Å². The molecule has 0 aliphatic heterocycles. The third-order valence-corrected chi connectivity index (χ3v) is 4.69. The number of carbonyl (C=O) groups is 1. The van der Waals surface area contributed by atoms with Crippen molar-refractivity contribution in [3.8, 4) is 17.1 Å². The molecule has 1 amide bonds. The van der Waals surface area contributed by atoms with Gasteiger partial charge in [0.05, 0.1) is 12.0 Å². The van der Waals surface area contributed by atoms with Crippen LogP contribution in [0.5, 0.6) is 0 Å². The Morgan fingerprint density at radius 3 is 2.40 bits per heavy atom. The molecule has 2 aromatic carbocycles. The minimum Gasteiger partial charge on any atom is -0.463 e. The average Bonchev–Trinajstić information content (AvgIpc) is 3.43. The Kier molecular flexibility index (Phi) is 5.77. The Morgan fingerprint density at radius 1 is 1.00 bits per heavy atom. The van der Waals surface area contributed by atoms with Gasteiger partial charge >= 0.3 is 0 Å². The molecule has 0 bridgehead atoms. The topological polar surface area (TPSA) is 63.3 Å². The average molecular weight is 400 g/mol. The minimum atomic E-state index is -0.193. The van der Waals surface area contributed by atoms with Crippen LogP contribution in [0.25, 0.3) is 17.1 Å². The van der Waals surface area contributed by atoms with Crippen molar-refractivity contribution in [1.29, 1.82) is 0 Å². The summed E-state index contributed by atoms with van der Waals surface area (Å²) in [6.07, 6.45) is 1.59. The Hall–Kier alpha value is -3.64. The summed E-state index contributed by atoms with van der Waals surface area (Å²) in [5.41, 5.74) is 4.16. The predicted octanol–water partition coefficient (Wildman–Crippen LogP) is 4.12. The number of carbonyl (C=O) groups excluding carboxylic acids is 1. The van der Waals surface area contributed by atoms with Crippen LogP contribution in [0.3, 0.4) is 0 Å². The number of rotatable bonds is 7. The number of hydrogen-bond acceptors (Lipinski definition) is 4. The van der Waals surface area contributed by atoms with Crippen molar-refractivity contribution in [2.24, 2.45) is 0 Å². The van der Waals surface area contributed by atoms with Crippen molar-refractivity contribution in [1.82, 2.24) is 20.0 Å². The Labute approximate surface area is 175 Å². The SMILES string of the molecule is CN(C)Cc1ccc(CNC(=O)c2cc(-c3ccco3)nn2-c2ccccc2)cc1. The van der Waals surface area contributed by atoms with Crippen molar-refractivity contribution < 1.29 is 9.21 Å². The third kappa shape index (κ3) is 4.50. The van der Waals surface area contributed by atoms with Gasteiger partial charge in [-0.2, -0.15) is 5.10 Å². The van der Waals surface area contributed by atoms with Gasteiger partial charge in [0.2, 0.25) is 0 Å². The van der Waals surface area contributed by atoms with Gasteiger partial charge in [-0.25, -0.2) is 4.68 Å². The molecule has 2 aromatic heterocycles. The molecule has 0 fully saturated rings. The molecule has 0 saturated heterocycles. The zero-order chi connectivity index (χ0) is 20.9. The van der Waals surface area contributed by atoms with E-state index in [9.17, 15) is 4.79 Å². The van der Waals surface area contributed by atoms with E-state index in [1.807, 2.05) is 62.6 Å². The molecule has 0 spiro atoms. The number of nitrogens with zero attached hydrogens (tertiary/aromatic N) is 3. The van der Waals surface area contributed by atoms with Crippen molar-refractivity contribution in [2.45, 2.75) is 13.1 Å². The van der Waals surface area contributed by atoms with Crippen molar-refractivity contribution in [3.63, 3.8) is 0 Å². The first-order valence-corrected chi connectivity index (χ1v) is 9.80. The largest absolute Gasteiger partial charge is 0.463 e. The van der Waals surface area contributed by atoms with Crippen LogP contribution in [-0.2, 0) is 13.1 Å². The predicted molar refractivity (Wildman–Crippen MR) is 116 cm³/mol. The molecule has 0 aliphatic rings. The monoisotopic (exact) mass is 400 g/mol. The molecule has 152 valence electrons. The highest BCUT2D eigenvalue weighted by Crippen LogP contribution is 2.22. The summed E-state index contributed by atoms with van der Waals surface area (Å²) >= 11 is 0. The lowest BCUT2D eigenvalue weighted by Crippen LogP contribution is -2.25. The first-order chi connectivity index (χ1) is 14.6. The van der Waals surface area contributed by atoms with Gasteiger partial charge in [-0.3, -0.25) is 4.79 Å². The van der Waals surface area contributed by atoms with Gasteiger partial charge < -0.3 is 14.6 Å². The molecule has 0 radical (unpaired) electrons. The number of aromatic nitrogens is 2. The highest BCUT2D eigenvalue weighted by atomic mass is 16.3. The van der Waals surface area contributed by atoms with Crippen molar-refractivity contribution in [2.75, 3.05) is 14.1 Å². The van der Waals surface area contributed by atoms with Gasteiger partial charge in [0.25, 0.3) is 5.91 Å². The second-order valence-corrected chi connectivity index (χ2v) is 7.38. The maximum absolute atomic E-state index is 13.0. The molecular weight excluding hydrogens is 376 g/mol. The second-order valence-electron chi connectivity index (χ2n) is 7.38. The normalized spacial score (nSPS) is 11.0. The fourth-order valence-electron chi connectivity index (χ4n) is 3.25. The van der Waals surface area contributed by atoms with Crippen molar-refractivity contribution in [3.05, 3.63) is 95.9 Å². The summed E-state index contributed by atoms with van der Waals surface area (Å²) in [7, 11) is 4.09. The summed E-state index contributed by atoms with van der Waals surface area (Å²) in [6.45, 7) is 1.33. The third-order valence-electron chi connectivity index (χ3n) is 4.69. The van der Waals surface area contributed by atoms with E-state index in [1.54, 1.807) is 23.1 Å². The second kappa shape index (κ2) is 8.80. The lowest BCUT2D eigenvalue weighted by atomic mass is 10.1. The summed E-state index contributed by atoms with van der Waals surface area (Å²) < 4.78 is 7.11. The summed E-state index contributed by atoms with van der Waals surface area (Å²) in [5.74, 6) is 0.428. The molecule has 0 atom stereocenters. The number of amides is 1. The molecule has 6 nitrogen and oxygen atoms in total. The van der Waals surface area contributed by atoms with Gasteiger partial charge in [-0.15, -0.1) is 0 Å². The van der Waals surface area contributed by atoms with Gasteiger partial charge in [-0.05, 0) is 49.5 Å². The number of para-hydroxylation sites is 1. The molecule has 2 heterocycles. The Morgan fingerprint density at radius 2 is 1.73 bits per heavy atom. The van der Waals surface area contributed by atoms with E-state index in [0.717, 1.165) is 17.8 Å². The summed E-state index contributed by atoms with van der Waals surface area (Å²) in [5, 5.41) is 7.60. The molecule has 30 heavy (non-hydrogen) atoms. The van der Waals surface area contributed by atoms with Crippen LogP contribution in [0.4, 0.5) is 0 Å². The van der Waals surface area contributed by atoms with Crippen LogP contribution >= 0.6 is 0 Å². The zero-order valence-electron chi connectivity index (χ0n) is 17.1. The smallest absolute Gasteiger partial charge is 0.270 e. The van der Waals surface area contributed by atoms with E-state index < -0.39 is 0 Å². The van der Waals surface area contributed by atoms with Crippen LogP contribution in [-0.4, -0.2) is 34.7 Å². The fourth-order valence-corrected chi connectivity index (χ4v) is 3.25. The number of furan rings is 1. The fraction of sp³-hybridized carbons (Fsp3) is 0.167. The highest BCUT2D eigenvalue weighted by Gasteiger charge is 2.18. The van der Waals surface area contributed by atoms with Crippen molar-refractivity contribution >= 4 is 5.91 Å². The lowest BCUT2D eigenvalue weighted by Gasteiger charge is -2.11. The van der Waals surface area contributed by atoms with Gasteiger partial charge in [0.1, 0.15) is 11.4 Å². The first kappa shape index (κ1) is 19.7. The van der Waals surface area contributed by atoms with Crippen LogP contribution in [0.2, 0.25) is 0 Å². The lowest BCUT2D eigenvalue weighted by molar-refractivity contribution is 0.0943. The molecule has 0 saturated carbocycles. The highest BCUT2D eigenvalue weighted by molar-refractivity contribution is 5.94. The maximum Gasteiger partial charge on any atom is 0.270 e. The molecular formula is C24H24N4O2. The van der Waals surface area contributed by atoms with Crippen LogP contribution in [0.1, 0.15) is 21.6 Å². The maximum atomic E-state index is 13.0. The minimum absolute atomic E-state index is 0.193. The molecule has 0 aliphatic carbocycles. The number of benzene rings is 2. The van der Waals surface area contributed by atoms with E-state index in [0.29, 0.717) is 23.7 Å². The summed E-state index contributed by atoms with van der Waals surface area (Å²) in [6, 6.07) is 23.2. The van der Waals surface area contributed by atoms with E-state index in [1.165, 1.54) is 5.56 Å². The molecule has 1 N–H and O–H groups in total. The van der Waals surface area contributed by atoms with E-state index in [2.05, 4.69) is 27.4 Å². The van der Waals surface area contributed by atoms with E-state index in [4.69, 9.17) is 4.42 Å². The zero-order valence-corrected chi connectivity index (χ0v) is 17.1. The Bertz CT molecular complexity index is 1100.